The molecule has 0 saturated carbocycles. The zero-order valence-corrected chi connectivity index (χ0v) is 26.7. The zero-order chi connectivity index (χ0) is 34.1. The molecule has 0 aromatic heterocycles. The number of hydrogen-bond acceptors (Lipinski definition) is 10. The van der Waals surface area contributed by atoms with E-state index >= 15 is 0 Å². The fraction of sp³-hybridized carbons (Fsp3) is 0.297. The van der Waals surface area contributed by atoms with Crippen molar-refractivity contribution in [1.82, 2.24) is 0 Å². The van der Waals surface area contributed by atoms with E-state index in [1.807, 2.05) is 26.0 Å². The first-order chi connectivity index (χ1) is 23.7. The van der Waals surface area contributed by atoms with Gasteiger partial charge in [-0.25, -0.2) is 18.4 Å². The first-order valence-corrected chi connectivity index (χ1v) is 15.6. The highest BCUT2D eigenvalue weighted by atomic mass is 19.1. The van der Waals surface area contributed by atoms with Gasteiger partial charge in [-0.1, -0.05) is 26.0 Å². The highest BCUT2D eigenvalue weighted by Crippen LogP contribution is 2.50. The average Bonchev–Trinajstić information content (AvgIpc) is 4.03. The molecule has 7 rings (SSSR count). The van der Waals surface area contributed by atoms with Gasteiger partial charge in [0.15, 0.2) is 36.7 Å². The number of carbonyl (C=O) groups is 2. The van der Waals surface area contributed by atoms with Crippen molar-refractivity contribution in [1.29, 1.82) is 0 Å². The van der Waals surface area contributed by atoms with Gasteiger partial charge in [-0.3, -0.25) is 0 Å². The number of hydrogen-bond donors (Lipinski definition) is 0. The fourth-order valence-electron chi connectivity index (χ4n) is 5.54. The van der Waals surface area contributed by atoms with Crippen molar-refractivity contribution in [2.24, 2.45) is 0 Å². The Hall–Kier alpha value is -4.88. The fourth-order valence-corrected chi connectivity index (χ4v) is 5.54. The molecule has 3 aliphatic rings. The number of benzene rings is 4. The molecule has 2 saturated heterocycles. The molecule has 4 aromatic rings. The molecule has 2 fully saturated rings. The lowest BCUT2D eigenvalue weighted by molar-refractivity contribution is 0.00611. The quantitative estimate of drug-likeness (QED) is 0.0503. The van der Waals surface area contributed by atoms with E-state index in [9.17, 15) is 18.4 Å². The SMILES string of the molecule is CC1(C)c2cc(OC(=O)c3ccc(OCOCC4CO4)c(F)c3)ccc2-c2ccc(OC(=O)c3ccc(OCOCC4CO4)c(F)c3)cc21. The van der Waals surface area contributed by atoms with Gasteiger partial charge >= 0.3 is 11.9 Å². The van der Waals surface area contributed by atoms with E-state index in [1.54, 1.807) is 24.3 Å². The normalized spacial score (nSPS) is 17.9. The molecular weight excluding hydrogens is 642 g/mol. The summed E-state index contributed by atoms with van der Waals surface area (Å²) in [6.07, 6.45) is 0.130. The number of fused-ring (bicyclic) bond motifs is 3. The van der Waals surface area contributed by atoms with Gasteiger partial charge in [0.1, 0.15) is 23.7 Å². The Balaban J connectivity index is 0.985. The van der Waals surface area contributed by atoms with Crippen molar-refractivity contribution in [3.8, 4) is 34.1 Å². The predicted molar refractivity (Wildman–Crippen MR) is 169 cm³/mol. The van der Waals surface area contributed by atoms with E-state index in [1.165, 1.54) is 24.3 Å². The molecule has 2 unspecified atom stereocenters. The Kier molecular flexibility index (Phi) is 9.03. The van der Waals surface area contributed by atoms with Gasteiger partial charge in [-0.15, -0.1) is 0 Å². The van der Waals surface area contributed by atoms with Gasteiger partial charge < -0.3 is 37.9 Å². The monoisotopic (exact) mass is 674 g/mol. The van der Waals surface area contributed by atoms with E-state index in [4.69, 9.17) is 37.9 Å². The molecule has 0 N–H and O–H groups in total. The number of rotatable bonds is 14. The standard InChI is InChI=1S/C37H32F2O10/c1-37(2)29-13-23(48-35(40)21-3-9-33(31(38)11-21)46-19-42-15-25-17-44-25)5-7-27(29)28-8-6-24(14-30(28)37)49-36(41)22-4-10-34(32(39)12-22)47-20-43-16-26-18-45-26/h3-14,25-26H,15-20H2,1-2H3. The van der Waals surface area contributed by atoms with Gasteiger partial charge in [0, 0.05) is 5.41 Å². The van der Waals surface area contributed by atoms with Crippen LogP contribution in [-0.4, -0.2) is 64.2 Å². The average molecular weight is 675 g/mol. The van der Waals surface area contributed by atoms with E-state index in [2.05, 4.69) is 0 Å². The lowest BCUT2D eigenvalue weighted by Crippen LogP contribution is -2.16. The predicted octanol–water partition coefficient (Wildman–Crippen LogP) is 6.21. The van der Waals surface area contributed by atoms with E-state index < -0.39 is 29.0 Å². The zero-order valence-electron chi connectivity index (χ0n) is 26.7. The molecule has 0 bridgehead atoms. The molecular formula is C37H32F2O10. The van der Waals surface area contributed by atoms with E-state index in [0.29, 0.717) is 26.4 Å². The molecule has 2 atom stereocenters. The topological polar surface area (TPSA) is 115 Å². The summed E-state index contributed by atoms with van der Waals surface area (Å²) in [5.74, 6) is -2.44. The number of carbonyl (C=O) groups excluding carboxylic acids is 2. The number of ether oxygens (including phenoxy) is 8. The maximum atomic E-state index is 14.6. The maximum Gasteiger partial charge on any atom is 0.343 e. The Labute approximate surface area is 280 Å². The van der Waals surface area contributed by atoms with Crippen LogP contribution in [-0.2, 0) is 24.4 Å². The van der Waals surface area contributed by atoms with Crippen LogP contribution in [0, 0.1) is 11.6 Å². The van der Waals surface area contributed by atoms with Gasteiger partial charge in [-0.05, 0) is 82.9 Å². The minimum Gasteiger partial charge on any atom is -0.464 e. The van der Waals surface area contributed by atoms with Crippen molar-refractivity contribution in [3.05, 3.63) is 107 Å². The summed E-state index contributed by atoms with van der Waals surface area (Å²) in [5.41, 5.74) is 3.08. The molecule has 4 aromatic carbocycles. The molecule has 10 nitrogen and oxygen atoms in total. The minimum atomic E-state index is -0.733. The summed E-state index contributed by atoms with van der Waals surface area (Å²) in [6, 6.07) is 18.2. The van der Waals surface area contributed by atoms with Crippen LogP contribution in [0.3, 0.4) is 0 Å². The lowest BCUT2D eigenvalue weighted by atomic mass is 9.82. The molecule has 0 amide bonds. The van der Waals surface area contributed by atoms with Crippen LogP contribution < -0.4 is 18.9 Å². The van der Waals surface area contributed by atoms with Crippen LogP contribution in [0.25, 0.3) is 11.1 Å². The Morgan fingerprint density at radius 2 is 1.10 bits per heavy atom. The van der Waals surface area contributed by atoms with Crippen molar-refractivity contribution < 1.29 is 56.3 Å². The smallest absolute Gasteiger partial charge is 0.343 e. The highest BCUT2D eigenvalue weighted by Gasteiger charge is 2.36. The number of esters is 2. The highest BCUT2D eigenvalue weighted by molar-refractivity contribution is 5.92. The van der Waals surface area contributed by atoms with E-state index in [-0.39, 0.29) is 59.9 Å². The van der Waals surface area contributed by atoms with Crippen molar-refractivity contribution >= 4 is 11.9 Å². The summed E-state index contributed by atoms with van der Waals surface area (Å²) in [4.78, 5) is 25.9. The molecule has 12 heteroatoms. The molecule has 0 spiro atoms. The Bertz CT molecular complexity index is 1770. The molecule has 254 valence electrons. The minimum absolute atomic E-state index is 0.0159. The first kappa shape index (κ1) is 32.7. The third-order valence-corrected chi connectivity index (χ3v) is 8.38. The summed E-state index contributed by atoms with van der Waals surface area (Å²) in [5, 5.41) is 0. The third-order valence-electron chi connectivity index (χ3n) is 8.38. The van der Waals surface area contributed by atoms with Gasteiger partial charge in [0.25, 0.3) is 0 Å². The van der Waals surface area contributed by atoms with Crippen LogP contribution in [0.1, 0.15) is 45.7 Å². The summed E-state index contributed by atoms with van der Waals surface area (Å²) < 4.78 is 71.7. The van der Waals surface area contributed by atoms with Crippen molar-refractivity contribution in [2.75, 3.05) is 40.0 Å². The maximum absolute atomic E-state index is 14.6. The first-order valence-electron chi connectivity index (χ1n) is 15.6. The molecule has 2 heterocycles. The number of halogens is 2. The molecule has 0 radical (unpaired) electrons. The second kappa shape index (κ2) is 13.6. The van der Waals surface area contributed by atoms with Crippen LogP contribution >= 0.6 is 0 Å². The second-order valence-electron chi connectivity index (χ2n) is 12.3. The molecule has 1 aliphatic carbocycles. The largest absolute Gasteiger partial charge is 0.464 e. The van der Waals surface area contributed by atoms with Gasteiger partial charge in [0.05, 0.1) is 37.6 Å². The van der Waals surface area contributed by atoms with E-state index in [0.717, 1.165) is 34.4 Å². The molecule has 2 aliphatic heterocycles. The van der Waals surface area contributed by atoms with Crippen LogP contribution in [0.5, 0.6) is 23.0 Å². The second-order valence-corrected chi connectivity index (χ2v) is 12.3. The van der Waals surface area contributed by atoms with Crippen LogP contribution in [0.2, 0.25) is 0 Å². The third kappa shape index (κ3) is 7.42. The van der Waals surface area contributed by atoms with Crippen molar-refractivity contribution in [2.45, 2.75) is 31.5 Å². The Morgan fingerprint density at radius 1 is 0.673 bits per heavy atom. The lowest BCUT2D eigenvalue weighted by Gasteiger charge is -2.22. The number of epoxide rings is 2. The Morgan fingerprint density at radius 3 is 1.49 bits per heavy atom. The molecule has 49 heavy (non-hydrogen) atoms. The summed E-state index contributed by atoms with van der Waals surface area (Å²) in [6.45, 7) is 5.73. The summed E-state index contributed by atoms with van der Waals surface area (Å²) >= 11 is 0. The van der Waals surface area contributed by atoms with Crippen LogP contribution in [0.15, 0.2) is 72.8 Å². The summed E-state index contributed by atoms with van der Waals surface area (Å²) in [7, 11) is 0. The van der Waals surface area contributed by atoms with Gasteiger partial charge in [-0.2, -0.15) is 0 Å². The van der Waals surface area contributed by atoms with Crippen LogP contribution in [0.4, 0.5) is 8.78 Å². The van der Waals surface area contributed by atoms with Crippen molar-refractivity contribution in [3.63, 3.8) is 0 Å². The van der Waals surface area contributed by atoms with Gasteiger partial charge in [0.2, 0.25) is 0 Å².